The number of benzene rings is 2. The third-order valence-corrected chi connectivity index (χ3v) is 12.4. The Morgan fingerprint density at radius 2 is 1.79 bits per heavy atom. The molecule has 5 aromatic rings. The molecule has 0 saturated carbocycles. The Morgan fingerprint density at radius 3 is 2.51 bits per heavy atom. The summed E-state index contributed by atoms with van der Waals surface area (Å²) in [5, 5.41) is 3.75. The van der Waals surface area contributed by atoms with E-state index in [2.05, 4.69) is 135 Å². The number of pyridine rings is 2. The minimum absolute atomic E-state index is 0.207. The zero-order valence-electron chi connectivity index (χ0n) is 29.4. The molecule has 2 aromatic carbocycles. The van der Waals surface area contributed by atoms with E-state index in [1.165, 1.54) is 33.5 Å². The highest BCUT2D eigenvalue weighted by Crippen LogP contribution is 2.45. The van der Waals surface area contributed by atoms with Gasteiger partial charge in [0.2, 0.25) is 17.1 Å². The fourth-order valence-corrected chi connectivity index (χ4v) is 10.1. The molecule has 5 heteroatoms. The zero-order chi connectivity index (χ0) is 33.2. The van der Waals surface area contributed by atoms with Crippen LogP contribution in [-0.2, 0) is 6.42 Å². The van der Waals surface area contributed by atoms with Gasteiger partial charge in [-0.2, -0.15) is 9.14 Å². The van der Waals surface area contributed by atoms with Crippen LogP contribution < -0.4 is 9.75 Å². The van der Waals surface area contributed by atoms with Crippen molar-refractivity contribution in [2.45, 2.75) is 97.4 Å². The third kappa shape index (κ3) is 5.24. The number of rotatable bonds is 4. The van der Waals surface area contributed by atoms with Crippen LogP contribution in [0.25, 0.3) is 33.3 Å². The van der Waals surface area contributed by atoms with Crippen LogP contribution in [0.2, 0.25) is 19.6 Å². The lowest BCUT2D eigenvalue weighted by atomic mass is 9.77. The van der Waals surface area contributed by atoms with Gasteiger partial charge in [-0.15, -0.1) is 0 Å². The van der Waals surface area contributed by atoms with Gasteiger partial charge in [0.1, 0.15) is 0 Å². The summed E-state index contributed by atoms with van der Waals surface area (Å²) < 4.78 is 11.8. The normalized spacial score (nSPS) is 20.2. The predicted molar refractivity (Wildman–Crippen MR) is 199 cm³/mol. The van der Waals surface area contributed by atoms with Gasteiger partial charge < -0.3 is 4.42 Å². The Morgan fingerprint density at radius 1 is 1.00 bits per heavy atom. The van der Waals surface area contributed by atoms with E-state index in [9.17, 15) is 0 Å². The van der Waals surface area contributed by atoms with Crippen LogP contribution in [-0.4, -0.2) is 29.4 Å². The van der Waals surface area contributed by atoms with E-state index in [0.29, 0.717) is 17.5 Å². The van der Waals surface area contributed by atoms with E-state index in [-0.39, 0.29) is 12.1 Å². The van der Waals surface area contributed by atoms with Crippen molar-refractivity contribution in [1.82, 2.24) is 4.98 Å². The topological polar surface area (TPSA) is 32.9 Å². The molecular formula is C42H49N3OSi+2. The van der Waals surface area contributed by atoms with Gasteiger partial charge in [-0.3, -0.25) is 0 Å². The molecule has 2 aliphatic rings. The molecular weight excluding hydrogens is 591 g/mol. The van der Waals surface area contributed by atoms with Crippen molar-refractivity contribution in [3.63, 3.8) is 0 Å². The summed E-state index contributed by atoms with van der Waals surface area (Å²) in [7, 11) is -1.63. The minimum Gasteiger partial charge on any atom is -0.437 e. The summed E-state index contributed by atoms with van der Waals surface area (Å²) in [6.45, 7) is 23.7. The summed E-state index contributed by atoms with van der Waals surface area (Å²) in [6.07, 6.45) is 11.7. The van der Waals surface area contributed by atoms with E-state index >= 15 is 0 Å². The molecule has 0 spiro atoms. The molecule has 47 heavy (non-hydrogen) atoms. The molecule has 3 aromatic heterocycles. The maximum atomic E-state index is 6.62. The Hall–Kier alpha value is -4.09. The van der Waals surface area contributed by atoms with E-state index in [1.807, 2.05) is 12.3 Å². The molecule has 0 radical (unpaired) electrons. The first-order valence-electron chi connectivity index (χ1n) is 17.4. The second-order valence-electron chi connectivity index (χ2n) is 15.2. The van der Waals surface area contributed by atoms with Crippen LogP contribution in [0.5, 0.6) is 0 Å². The summed E-state index contributed by atoms with van der Waals surface area (Å²) >= 11 is 0. The number of nitrogens with zero attached hydrogens (tertiary/aromatic N) is 3. The van der Waals surface area contributed by atoms with Crippen molar-refractivity contribution in [2.24, 2.45) is 0 Å². The summed E-state index contributed by atoms with van der Waals surface area (Å²) in [5.41, 5.74) is 12.1. The van der Waals surface area contributed by atoms with Gasteiger partial charge in [0.05, 0.1) is 20.1 Å². The maximum absolute atomic E-state index is 6.62. The number of aryl methyl sites for hydroxylation is 1. The van der Waals surface area contributed by atoms with Crippen molar-refractivity contribution >= 4 is 41.0 Å². The van der Waals surface area contributed by atoms with Crippen LogP contribution in [0.15, 0.2) is 95.8 Å². The first-order valence-corrected chi connectivity index (χ1v) is 20.9. The van der Waals surface area contributed by atoms with E-state index in [4.69, 9.17) is 11.0 Å². The zero-order valence-corrected chi connectivity index (χ0v) is 30.4. The van der Waals surface area contributed by atoms with Gasteiger partial charge in [-0.1, -0.05) is 69.9 Å². The van der Waals surface area contributed by atoms with Crippen LogP contribution in [0.1, 0.15) is 87.6 Å². The first kappa shape index (κ1) is 31.5. The number of hydrogen-bond donors (Lipinski definition) is 0. The van der Waals surface area contributed by atoms with Crippen molar-refractivity contribution in [2.75, 3.05) is 0 Å². The van der Waals surface area contributed by atoms with Gasteiger partial charge >= 0.3 is 0 Å². The van der Waals surface area contributed by atoms with Gasteiger partial charge in [0.25, 0.3) is 0 Å². The van der Waals surface area contributed by atoms with Gasteiger partial charge in [-0.25, -0.2) is 4.98 Å². The Labute approximate surface area is 281 Å². The third-order valence-electron chi connectivity index (χ3n) is 10.4. The van der Waals surface area contributed by atoms with Gasteiger partial charge in [0.15, 0.2) is 29.6 Å². The standard InChI is InChI=1S/C42H49N3OSi/c1-10-14-36-40-29(19-21-33-34-17-13-22-43-42(34)46-41(33)40)18-20-32-30-15-11-12-16-31(30)38-24-35(26(2)3)39(47(7,8)9)25-44(38)37(32)23-28(6)45(36)27(4)5/h10-17,19,21-22,24-27,32,37H,6,18,20,23H2,1-5,7-9H3/q+2/b14-10+,45-36-. The van der Waals surface area contributed by atoms with Crippen molar-refractivity contribution in [3.8, 4) is 11.3 Å². The molecule has 2 unspecified atom stereocenters. The van der Waals surface area contributed by atoms with E-state index < -0.39 is 8.07 Å². The van der Waals surface area contributed by atoms with E-state index in [1.54, 1.807) is 5.19 Å². The molecule has 4 nitrogen and oxygen atoms in total. The highest BCUT2D eigenvalue weighted by Gasteiger charge is 2.44. The van der Waals surface area contributed by atoms with Crippen molar-refractivity contribution in [3.05, 3.63) is 114 Å². The predicted octanol–water partition coefficient (Wildman–Crippen LogP) is 9.58. The molecule has 0 aliphatic carbocycles. The number of aromatic nitrogens is 2. The van der Waals surface area contributed by atoms with Crippen LogP contribution in [0, 0.1) is 0 Å². The van der Waals surface area contributed by atoms with Crippen molar-refractivity contribution in [1.29, 1.82) is 0 Å². The lowest BCUT2D eigenvalue weighted by Gasteiger charge is -2.33. The first-order chi connectivity index (χ1) is 22.5. The molecule has 7 rings (SSSR count). The summed E-state index contributed by atoms with van der Waals surface area (Å²) in [4.78, 5) is 4.60. The minimum atomic E-state index is -1.63. The molecule has 5 heterocycles. The number of hydrogen-bond acceptors (Lipinski definition) is 2. The quantitative estimate of drug-likeness (QED) is 0.145. The Kier molecular flexibility index (Phi) is 7.95. The number of allylic oxidation sites excluding steroid dienone is 3. The largest absolute Gasteiger partial charge is 0.437 e. The lowest BCUT2D eigenvalue weighted by molar-refractivity contribution is -0.719. The molecule has 0 amide bonds. The van der Waals surface area contributed by atoms with Gasteiger partial charge in [-0.05, 0) is 81.0 Å². The van der Waals surface area contributed by atoms with Crippen LogP contribution in [0.4, 0.5) is 0 Å². The van der Waals surface area contributed by atoms with Crippen molar-refractivity contribution < 1.29 is 13.6 Å². The Bertz CT molecular complexity index is 2110. The van der Waals surface area contributed by atoms with E-state index in [0.717, 1.165) is 47.0 Å². The fourth-order valence-electron chi connectivity index (χ4n) is 8.33. The average Bonchev–Trinajstić information content (AvgIpc) is 3.41. The van der Waals surface area contributed by atoms with Crippen LogP contribution in [0.3, 0.4) is 0 Å². The molecule has 2 aliphatic heterocycles. The molecule has 0 bridgehead atoms. The molecule has 0 saturated heterocycles. The molecule has 0 fully saturated rings. The molecule has 0 N–H and O–H groups in total. The summed E-state index contributed by atoms with van der Waals surface area (Å²) in [5.74, 6) is 0.820. The molecule has 240 valence electrons. The number of furan rings is 1. The van der Waals surface area contributed by atoms with Gasteiger partial charge in [0, 0.05) is 45.8 Å². The molecule has 2 atom stereocenters. The smallest absolute Gasteiger partial charge is 0.227 e. The fraction of sp³-hybridized carbons (Fsp3) is 0.357. The Balaban J connectivity index is 1.51. The summed E-state index contributed by atoms with van der Waals surface area (Å²) in [6, 6.07) is 20.9. The van der Waals surface area contributed by atoms with Crippen LogP contribution >= 0.6 is 0 Å². The highest BCUT2D eigenvalue weighted by molar-refractivity contribution is 6.89. The number of fused-ring (bicyclic) bond motifs is 11. The lowest BCUT2D eigenvalue weighted by Crippen LogP contribution is -2.54. The second-order valence-corrected chi connectivity index (χ2v) is 20.2. The highest BCUT2D eigenvalue weighted by atomic mass is 28.3. The average molecular weight is 640 g/mol. The SMILES string of the molecule is C=C1CC2C(CCc3ccc4c(oc5ncccc54)c3C(/C=C/C)=[N+]\1C(C)C)c1ccccc1-c1cc(C(C)C)c([Si](C)(C)C)c[n+]12. The maximum Gasteiger partial charge on any atom is 0.227 e. The monoisotopic (exact) mass is 639 g/mol. The second kappa shape index (κ2) is 11.9.